The Morgan fingerprint density at radius 2 is 1.63 bits per heavy atom. The van der Waals surface area contributed by atoms with Crippen LogP contribution in [0, 0.1) is 5.41 Å². The normalized spacial score (nSPS) is 22.2. The second-order valence-electron chi connectivity index (χ2n) is 13.0. The van der Waals surface area contributed by atoms with Crippen molar-refractivity contribution in [2.45, 2.75) is 82.6 Å². The molecule has 7 nitrogen and oxygen atoms in total. The van der Waals surface area contributed by atoms with Gasteiger partial charge in [0.1, 0.15) is 11.9 Å². The highest BCUT2D eigenvalue weighted by Gasteiger charge is 2.44. The zero-order valence-electron chi connectivity index (χ0n) is 26.1. The van der Waals surface area contributed by atoms with Gasteiger partial charge in [0.15, 0.2) is 0 Å². The van der Waals surface area contributed by atoms with Gasteiger partial charge in [0.25, 0.3) is 0 Å². The van der Waals surface area contributed by atoms with Crippen LogP contribution >= 0.6 is 0 Å². The lowest BCUT2D eigenvalue weighted by Gasteiger charge is -2.36. The molecule has 1 heterocycles. The number of carbonyl (C=O) groups is 1. The summed E-state index contributed by atoms with van der Waals surface area (Å²) in [5, 5.41) is -0.423. The van der Waals surface area contributed by atoms with Crippen LogP contribution in [0.5, 0.6) is 5.75 Å². The lowest BCUT2D eigenvalue weighted by atomic mass is 9.72. The third-order valence-electron chi connectivity index (χ3n) is 9.06. The maximum Gasteiger partial charge on any atom is 0.416 e. The predicted molar refractivity (Wildman–Crippen MR) is 160 cm³/mol. The van der Waals surface area contributed by atoms with Crippen molar-refractivity contribution < 1.29 is 49.0 Å². The van der Waals surface area contributed by atoms with E-state index in [1.807, 2.05) is 0 Å². The van der Waals surface area contributed by atoms with E-state index in [2.05, 4.69) is 13.8 Å². The molecule has 5 rings (SSSR count). The molecule has 252 valence electrons. The number of methoxy groups -OCH3 is 1. The highest BCUT2D eigenvalue weighted by atomic mass is 32.2. The van der Waals surface area contributed by atoms with E-state index in [4.69, 9.17) is 9.47 Å². The van der Waals surface area contributed by atoms with Gasteiger partial charge in [-0.2, -0.15) is 26.3 Å². The van der Waals surface area contributed by atoms with E-state index in [1.165, 1.54) is 30.3 Å². The number of ether oxygens (including phenoxy) is 2. The Hall–Kier alpha value is -3.42. The monoisotopic (exact) mass is 674 g/mol. The molecule has 0 unspecified atom stereocenters. The number of nitrogens with zero attached hydrogens (tertiary/aromatic N) is 2. The molecular formula is C32H36F6N2O5S. The Morgan fingerprint density at radius 1 is 1.02 bits per heavy atom. The summed E-state index contributed by atoms with van der Waals surface area (Å²) in [5.74, 6) is 0.492. The Labute approximate surface area is 264 Å². The topological polar surface area (TPSA) is 76.2 Å². The molecule has 0 radical (unpaired) electrons. The van der Waals surface area contributed by atoms with Gasteiger partial charge in [-0.3, -0.25) is 9.21 Å². The van der Waals surface area contributed by atoms with Gasteiger partial charge < -0.3 is 9.47 Å². The standard InChI is InChI=1S/C32H36F6N2O5S/c1-18-28(19-12-21(31(33,34)35)14-22(13-19)32(36,37)38)45-29(41)40(18)17-20-16-30(2,3)11-10-25(20)26-15-23(6-9-27(26)44-5)39(4)46(42,43)24-7-8-24/h6,9,12-15,18,24,28H,7-8,10-11,16-17H2,1-5H3/t18-,28-/m0/s1. The van der Waals surface area contributed by atoms with Gasteiger partial charge in [-0.25, -0.2) is 13.2 Å². The van der Waals surface area contributed by atoms with Crippen LogP contribution in [0.1, 0.15) is 81.2 Å². The highest BCUT2D eigenvalue weighted by Crippen LogP contribution is 2.47. The fraction of sp³-hybridized carbons (Fsp3) is 0.531. The number of alkyl halides is 6. The Balaban J connectivity index is 1.53. The van der Waals surface area contributed by atoms with Crippen molar-refractivity contribution in [3.63, 3.8) is 0 Å². The number of allylic oxidation sites excluding steroid dienone is 1. The van der Waals surface area contributed by atoms with Crippen molar-refractivity contribution in [2.75, 3.05) is 25.0 Å². The number of amides is 1. The van der Waals surface area contributed by atoms with Crippen LogP contribution < -0.4 is 9.04 Å². The molecule has 2 fully saturated rings. The summed E-state index contributed by atoms with van der Waals surface area (Å²) >= 11 is 0. The molecule has 1 saturated carbocycles. The van der Waals surface area contributed by atoms with Crippen LogP contribution in [-0.4, -0.2) is 51.4 Å². The summed E-state index contributed by atoms with van der Waals surface area (Å²) in [7, 11) is -0.553. The molecule has 2 aromatic carbocycles. The van der Waals surface area contributed by atoms with Crippen molar-refractivity contribution in [1.82, 2.24) is 4.90 Å². The Kier molecular flexibility index (Phi) is 8.61. The summed E-state index contributed by atoms with van der Waals surface area (Å²) in [6, 6.07) is 5.39. The van der Waals surface area contributed by atoms with Gasteiger partial charge in [-0.15, -0.1) is 0 Å². The minimum Gasteiger partial charge on any atom is -0.496 e. The molecule has 0 bridgehead atoms. The molecule has 2 aromatic rings. The van der Waals surface area contributed by atoms with E-state index in [1.54, 1.807) is 18.2 Å². The van der Waals surface area contributed by atoms with E-state index in [9.17, 15) is 39.6 Å². The molecule has 0 spiro atoms. The molecule has 2 atom stereocenters. The lowest BCUT2D eigenvalue weighted by Crippen LogP contribution is -2.35. The molecule has 3 aliphatic rings. The molecule has 1 amide bonds. The number of cyclic esters (lactones) is 1. The molecule has 46 heavy (non-hydrogen) atoms. The van der Waals surface area contributed by atoms with Gasteiger partial charge in [-0.1, -0.05) is 13.8 Å². The molecule has 1 aliphatic heterocycles. The first-order chi connectivity index (χ1) is 21.2. The average molecular weight is 675 g/mol. The van der Waals surface area contributed by atoms with Gasteiger partial charge in [0.05, 0.1) is 35.2 Å². The summed E-state index contributed by atoms with van der Waals surface area (Å²) in [6.07, 6.45) is -9.29. The average Bonchev–Trinajstić information content (AvgIpc) is 3.79. The summed E-state index contributed by atoms with van der Waals surface area (Å²) < 4.78 is 120. The molecule has 1 saturated heterocycles. The zero-order chi connectivity index (χ0) is 34.0. The minimum absolute atomic E-state index is 0.00392. The smallest absolute Gasteiger partial charge is 0.416 e. The fourth-order valence-corrected chi connectivity index (χ4v) is 7.85. The van der Waals surface area contributed by atoms with Crippen molar-refractivity contribution >= 4 is 27.4 Å². The molecule has 14 heteroatoms. The van der Waals surface area contributed by atoms with E-state index in [-0.39, 0.29) is 18.0 Å². The number of hydrogen-bond donors (Lipinski definition) is 0. The molecular weight excluding hydrogens is 638 g/mol. The van der Waals surface area contributed by atoms with Crippen LogP contribution in [0.4, 0.5) is 36.8 Å². The van der Waals surface area contributed by atoms with Crippen LogP contribution in [0.25, 0.3) is 5.57 Å². The summed E-state index contributed by atoms with van der Waals surface area (Å²) in [5.41, 5.74) is -0.840. The zero-order valence-corrected chi connectivity index (χ0v) is 26.9. The minimum atomic E-state index is -5.05. The van der Waals surface area contributed by atoms with E-state index >= 15 is 0 Å². The maximum atomic E-state index is 13.6. The first-order valence-corrected chi connectivity index (χ1v) is 16.4. The third-order valence-corrected chi connectivity index (χ3v) is 11.3. The third kappa shape index (κ3) is 6.68. The van der Waals surface area contributed by atoms with Crippen molar-refractivity contribution in [3.8, 4) is 5.75 Å². The van der Waals surface area contributed by atoms with Gasteiger partial charge in [0.2, 0.25) is 10.0 Å². The van der Waals surface area contributed by atoms with Crippen molar-refractivity contribution in [1.29, 1.82) is 0 Å². The van der Waals surface area contributed by atoms with Crippen LogP contribution in [0.2, 0.25) is 0 Å². The number of halogens is 6. The van der Waals surface area contributed by atoms with Gasteiger partial charge in [-0.05, 0) is 97.6 Å². The summed E-state index contributed by atoms with van der Waals surface area (Å²) in [4.78, 5) is 14.5. The number of carbonyl (C=O) groups excluding carboxylic acids is 1. The second kappa shape index (κ2) is 11.7. The number of anilines is 1. The van der Waals surface area contributed by atoms with E-state index in [0.717, 1.165) is 17.6 Å². The number of benzene rings is 2. The Morgan fingerprint density at radius 3 is 2.17 bits per heavy atom. The van der Waals surface area contributed by atoms with Gasteiger partial charge >= 0.3 is 18.4 Å². The largest absolute Gasteiger partial charge is 0.496 e. The van der Waals surface area contributed by atoms with Crippen molar-refractivity contribution in [3.05, 3.63) is 64.2 Å². The predicted octanol–water partition coefficient (Wildman–Crippen LogP) is 8.21. The maximum absolute atomic E-state index is 13.6. The fourth-order valence-electron chi connectivity index (χ4n) is 6.26. The molecule has 2 aliphatic carbocycles. The van der Waals surface area contributed by atoms with E-state index in [0.29, 0.717) is 54.8 Å². The van der Waals surface area contributed by atoms with Crippen molar-refractivity contribution in [2.24, 2.45) is 5.41 Å². The molecule has 0 aromatic heterocycles. The summed E-state index contributed by atoms with van der Waals surface area (Å²) in [6.45, 7) is 5.65. The first kappa shape index (κ1) is 33.9. The Bertz CT molecular complexity index is 1630. The molecule has 0 N–H and O–H groups in total. The lowest BCUT2D eigenvalue weighted by molar-refractivity contribution is -0.143. The van der Waals surface area contributed by atoms with Gasteiger partial charge in [0, 0.05) is 19.2 Å². The van der Waals surface area contributed by atoms with E-state index < -0.39 is 62.6 Å². The number of rotatable bonds is 8. The first-order valence-electron chi connectivity index (χ1n) is 14.9. The highest BCUT2D eigenvalue weighted by molar-refractivity contribution is 7.93. The number of sulfonamides is 1. The van der Waals surface area contributed by atoms with Crippen LogP contribution in [0.15, 0.2) is 42.0 Å². The second-order valence-corrected chi connectivity index (χ2v) is 15.3. The quantitative estimate of drug-likeness (QED) is 0.264. The SMILES string of the molecule is COc1ccc(N(C)S(=O)(=O)C2CC2)cc1C1=C(CN2C(=O)O[C@H](c3cc(C(F)(F)F)cc(C(F)(F)F)c3)[C@@H]2C)CC(C)(C)CC1. The number of hydrogen-bond acceptors (Lipinski definition) is 5. The van der Waals surface area contributed by atoms with Crippen LogP contribution in [0.3, 0.4) is 0 Å². The van der Waals surface area contributed by atoms with Crippen LogP contribution in [-0.2, 0) is 27.1 Å².